The van der Waals surface area contributed by atoms with Crippen LogP contribution in [0.1, 0.15) is 12.0 Å². The molecule has 0 radical (unpaired) electrons. The van der Waals surface area contributed by atoms with Gasteiger partial charge in [0.15, 0.2) is 0 Å². The van der Waals surface area contributed by atoms with Crippen molar-refractivity contribution < 1.29 is 19.1 Å². The van der Waals surface area contributed by atoms with Gasteiger partial charge in [0, 0.05) is 26.1 Å². The van der Waals surface area contributed by atoms with Gasteiger partial charge in [-0.1, -0.05) is 36.9 Å². The molecule has 0 aromatic heterocycles. The van der Waals surface area contributed by atoms with Crippen LogP contribution >= 0.6 is 0 Å². The van der Waals surface area contributed by atoms with E-state index in [-0.39, 0.29) is 11.8 Å². The number of nitrogens with zero attached hydrogens (tertiary/aromatic N) is 2. The summed E-state index contributed by atoms with van der Waals surface area (Å²) in [6.07, 6.45) is 1.48. The lowest BCUT2D eigenvalue weighted by Crippen LogP contribution is -2.68. The molecule has 1 aromatic rings. The lowest BCUT2D eigenvalue weighted by Gasteiger charge is -2.47. The summed E-state index contributed by atoms with van der Waals surface area (Å²) in [6, 6.07) is 8.29. The average molecular weight is 357 g/mol. The van der Waals surface area contributed by atoms with Crippen molar-refractivity contribution in [2.45, 2.75) is 25.0 Å². The summed E-state index contributed by atoms with van der Waals surface area (Å²) in [5.41, 5.74) is 0.975. The molecule has 1 N–H and O–H groups in total. The number of carbonyl (C=O) groups is 3. The van der Waals surface area contributed by atoms with Crippen LogP contribution < -0.4 is 5.32 Å². The van der Waals surface area contributed by atoms with Crippen molar-refractivity contribution >= 4 is 17.7 Å². The van der Waals surface area contributed by atoms with Crippen LogP contribution in [0.25, 0.3) is 0 Å². The summed E-state index contributed by atoms with van der Waals surface area (Å²) >= 11 is 0. The summed E-state index contributed by atoms with van der Waals surface area (Å²) < 4.78 is 5.26. The van der Waals surface area contributed by atoms with Gasteiger partial charge in [0.1, 0.15) is 12.1 Å². The Bertz CT molecular complexity index is 685. The lowest BCUT2D eigenvalue weighted by molar-refractivity contribution is -0.162. The van der Waals surface area contributed by atoms with Gasteiger partial charge in [0.05, 0.1) is 13.2 Å². The van der Waals surface area contributed by atoms with Gasteiger partial charge in [0.25, 0.3) is 0 Å². The molecule has 138 valence electrons. The number of rotatable bonds is 5. The van der Waals surface area contributed by atoms with Crippen molar-refractivity contribution in [2.24, 2.45) is 0 Å². The number of benzene rings is 1. The van der Waals surface area contributed by atoms with E-state index in [1.165, 1.54) is 4.90 Å². The predicted molar refractivity (Wildman–Crippen MR) is 94.9 cm³/mol. The maximum atomic E-state index is 12.7. The zero-order valence-corrected chi connectivity index (χ0v) is 14.6. The third kappa shape index (κ3) is 3.77. The number of likely N-dealkylation sites (tertiary alicyclic amines) is 1. The van der Waals surface area contributed by atoms with E-state index in [2.05, 4.69) is 11.9 Å². The Morgan fingerprint density at radius 2 is 1.85 bits per heavy atom. The fourth-order valence-electron chi connectivity index (χ4n) is 3.28. The molecule has 0 aliphatic carbocycles. The third-order valence-corrected chi connectivity index (χ3v) is 4.77. The number of morpholine rings is 1. The first-order chi connectivity index (χ1) is 12.6. The van der Waals surface area contributed by atoms with Crippen molar-refractivity contribution in [3.8, 4) is 0 Å². The molecule has 7 heteroatoms. The van der Waals surface area contributed by atoms with Crippen LogP contribution in [0.2, 0.25) is 0 Å². The Morgan fingerprint density at radius 1 is 1.15 bits per heavy atom. The second-order valence-corrected chi connectivity index (χ2v) is 6.36. The monoisotopic (exact) mass is 357 g/mol. The van der Waals surface area contributed by atoms with E-state index >= 15 is 0 Å². The fourth-order valence-corrected chi connectivity index (χ4v) is 3.28. The second-order valence-electron chi connectivity index (χ2n) is 6.36. The van der Waals surface area contributed by atoms with E-state index in [0.29, 0.717) is 39.3 Å². The van der Waals surface area contributed by atoms with Crippen molar-refractivity contribution in [3.63, 3.8) is 0 Å². The minimum absolute atomic E-state index is 0.129. The molecule has 2 aliphatic rings. The largest absolute Gasteiger partial charge is 0.378 e. The molecule has 3 amide bonds. The first-order valence-electron chi connectivity index (χ1n) is 8.74. The van der Waals surface area contributed by atoms with E-state index in [1.807, 2.05) is 30.3 Å². The van der Waals surface area contributed by atoms with Crippen LogP contribution in [0, 0.1) is 0 Å². The van der Waals surface area contributed by atoms with Crippen molar-refractivity contribution in [1.29, 1.82) is 0 Å². The number of amides is 3. The number of hydrogen-bond acceptors (Lipinski definition) is 4. The molecule has 2 heterocycles. The highest BCUT2D eigenvalue weighted by Crippen LogP contribution is 2.28. The van der Waals surface area contributed by atoms with Gasteiger partial charge in [0.2, 0.25) is 17.7 Å². The van der Waals surface area contributed by atoms with Crippen LogP contribution in [-0.4, -0.2) is 65.9 Å². The zero-order valence-electron chi connectivity index (χ0n) is 14.6. The van der Waals surface area contributed by atoms with E-state index < -0.39 is 18.0 Å². The molecule has 0 bridgehead atoms. The molecule has 2 saturated heterocycles. The van der Waals surface area contributed by atoms with Crippen molar-refractivity contribution in [1.82, 2.24) is 15.1 Å². The van der Waals surface area contributed by atoms with Crippen LogP contribution in [-0.2, 0) is 25.7 Å². The van der Waals surface area contributed by atoms with E-state index in [0.717, 1.165) is 11.6 Å². The summed E-state index contributed by atoms with van der Waals surface area (Å²) in [6.45, 7) is 5.88. The molecule has 0 unspecified atom stereocenters. The number of carbonyl (C=O) groups excluding carboxylic acids is 3. The highest BCUT2D eigenvalue weighted by Gasteiger charge is 2.49. The van der Waals surface area contributed by atoms with Crippen molar-refractivity contribution in [2.75, 3.05) is 26.3 Å². The molecule has 26 heavy (non-hydrogen) atoms. The number of nitrogens with one attached hydrogen (secondary N) is 1. The van der Waals surface area contributed by atoms with E-state index in [4.69, 9.17) is 4.74 Å². The molecule has 2 aliphatic heterocycles. The molecule has 2 atom stereocenters. The smallest absolute Gasteiger partial charge is 0.247 e. The first-order valence-corrected chi connectivity index (χ1v) is 8.74. The predicted octanol–water partition coefficient (Wildman–Crippen LogP) is 0.317. The van der Waals surface area contributed by atoms with E-state index in [1.54, 1.807) is 4.90 Å². The van der Waals surface area contributed by atoms with Crippen LogP contribution in [0.3, 0.4) is 0 Å². The Morgan fingerprint density at radius 3 is 2.50 bits per heavy atom. The van der Waals surface area contributed by atoms with Crippen LogP contribution in [0.5, 0.6) is 0 Å². The number of hydrogen-bond donors (Lipinski definition) is 1. The third-order valence-electron chi connectivity index (χ3n) is 4.77. The van der Waals surface area contributed by atoms with Gasteiger partial charge in [-0.15, -0.1) is 0 Å². The Balaban J connectivity index is 1.62. The highest BCUT2D eigenvalue weighted by molar-refractivity contribution is 5.99. The number of ether oxygens (including phenoxy) is 1. The Labute approximate surface area is 152 Å². The van der Waals surface area contributed by atoms with Crippen molar-refractivity contribution in [3.05, 3.63) is 48.6 Å². The van der Waals surface area contributed by atoms with Gasteiger partial charge >= 0.3 is 0 Å². The summed E-state index contributed by atoms with van der Waals surface area (Å²) in [5, 5.41) is 2.84. The molecule has 0 spiro atoms. The van der Waals surface area contributed by atoms with Gasteiger partial charge in [-0.05, 0) is 11.6 Å². The minimum atomic E-state index is -0.640. The topological polar surface area (TPSA) is 79.0 Å². The Hall–Kier alpha value is -2.67. The molecule has 1 aromatic carbocycles. The van der Waals surface area contributed by atoms with Gasteiger partial charge in [-0.3, -0.25) is 14.4 Å². The quantitative estimate of drug-likeness (QED) is 0.770. The molecule has 7 nitrogen and oxygen atoms in total. The average Bonchev–Trinajstić information content (AvgIpc) is 2.67. The van der Waals surface area contributed by atoms with Gasteiger partial charge < -0.3 is 19.9 Å². The fraction of sp³-hybridized carbons (Fsp3) is 0.421. The molecular formula is C19H23N3O4. The molecule has 2 fully saturated rings. The highest BCUT2D eigenvalue weighted by atomic mass is 16.5. The standard InChI is InChI=1S/C19H23N3O4/c1-2-17(23)22-15(18(24)20-13-14-6-4-3-5-7-14)12-16(22)19(25)21-8-10-26-11-9-21/h2-7,15-16H,1,8-13H2,(H,20,24)/t15-,16+/m1/s1. The minimum Gasteiger partial charge on any atom is -0.378 e. The van der Waals surface area contributed by atoms with Gasteiger partial charge in [-0.2, -0.15) is 0 Å². The summed E-state index contributed by atoms with van der Waals surface area (Å²) in [4.78, 5) is 40.4. The molecular weight excluding hydrogens is 334 g/mol. The zero-order chi connectivity index (χ0) is 18.5. The summed E-state index contributed by atoms with van der Waals surface area (Å²) in [7, 11) is 0. The molecule has 0 saturated carbocycles. The van der Waals surface area contributed by atoms with Crippen LogP contribution in [0.4, 0.5) is 0 Å². The lowest BCUT2D eigenvalue weighted by atomic mass is 9.90. The SMILES string of the molecule is C=CC(=O)N1[C@@H](C(=O)NCc2ccccc2)C[C@H]1C(=O)N1CCOCC1. The Kier molecular flexibility index (Phi) is 5.68. The van der Waals surface area contributed by atoms with E-state index in [9.17, 15) is 14.4 Å². The second kappa shape index (κ2) is 8.14. The van der Waals surface area contributed by atoms with Crippen LogP contribution in [0.15, 0.2) is 43.0 Å². The normalized spacial score (nSPS) is 22.3. The first kappa shape index (κ1) is 18.1. The van der Waals surface area contributed by atoms with Gasteiger partial charge in [-0.25, -0.2) is 0 Å². The molecule has 3 rings (SSSR count). The maximum absolute atomic E-state index is 12.7. The maximum Gasteiger partial charge on any atom is 0.247 e. The summed E-state index contributed by atoms with van der Waals surface area (Å²) in [5.74, 6) is -0.784.